The van der Waals surface area contributed by atoms with Gasteiger partial charge in [0, 0.05) is 0 Å². The van der Waals surface area contributed by atoms with Gasteiger partial charge in [0.05, 0.1) is 33.0 Å². The number of aliphatic hydroxyl groups is 17. The maximum Gasteiger partial charge on any atom is 0.187 e. The van der Waals surface area contributed by atoms with Gasteiger partial charge < -0.3 is 130 Å². The van der Waals surface area contributed by atoms with Gasteiger partial charge in [-0.1, -0.05) is 0 Å². The van der Waals surface area contributed by atoms with Crippen LogP contribution >= 0.6 is 0 Å². The van der Waals surface area contributed by atoms with Crippen LogP contribution in [0.15, 0.2) is 0 Å². The molecule has 26 heteroatoms. The van der Waals surface area contributed by atoms with E-state index in [-0.39, 0.29) is 6.29 Å². The van der Waals surface area contributed by atoms with Crippen LogP contribution in [-0.2, 0) is 42.7 Å². The second-order valence-corrected chi connectivity index (χ2v) is 13.6. The van der Waals surface area contributed by atoms with Gasteiger partial charge in [-0.25, -0.2) is 0 Å². The number of hydrogen-bond acceptors (Lipinski definition) is 26. The van der Waals surface area contributed by atoms with Gasteiger partial charge in [-0.15, -0.1) is 0 Å². The molecule has 328 valence electrons. The molecule has 17 N–H and O–H groups in total. The summed E-state index contributed by atoms with van der Waals surface area (Å²) >= 11 is 0. The van der Waals surface area contributed by atoms with Gasteiger partial charge in [-0.05, 0) is 0 Å². The van der Waals surface area contributed by atoms with Crippen LogP contribution in [0.1, 0.15) is 0 Å². The summed E-state index contributed by atoms with van der Waals surface area (Å²) in [6.07, 6.45) is -46.1. The molecule has 0 amide bonds. The van der Waals surface area contributed by atoms with Crippen molar-refractivity contribution in [3.05, 3.63) is 0 Å². The number of carbonyl (C=O) groups is 1. The maximum absolute atomic E-state index is 11.1. The number of hydrogen-bond donors (Lipinski definition) is 17. The normalized spacial score (nSPS) is 47.2. The van der Waals surface area contributed by atoms with Gasteiger partial charge >= 0.3 is 0 Å². The number of ether oxygens (including phenoxy) is 8. The molecule has 0 aliphatic carbocycles. The van der Waals surface area contributed by atoms with E-state index in [0.29, 0.717) is 0 Å². The minimum atomic E-state index is -2.17. The molecule has 0 bridgehead atoms. The molecule has 0 spiro atoms. The highest BCUT2D eigenvalue weighted by Crippen LogP contribution is 2.34. The number of rotatable bonds is 17. The number of aldehydes is 1. The number of aliphatic hydroxyl groups excluding tert-OH is 17. The summed E-state index contributed by atoms with van der Waals surface area (Å²) in [6, 6.07) is 0. The van der Waals surface area contributed by atoms with Crippen LogP contribution < -0.4 is 0 Å². The highest BCUT2D eigenvalue weighted by molar-refractivity contribution is 5.56. The lowest BCUT2D eigenvalue weighted by atomic mass is 9.95. The van der Waals surface area contributed by atoms with Crippen LogP contribution in [0.4, 0.5) is 0 Å². The molecule has 0 aromatic carbocycles. The van der Waals surface area contributed by atoms with E-state index >= 15 is 0 Å². The Bertz CT molecular complexity index is 1180. The predicted octanol–water partition coefficient (Wildman–Crippen LogP) is -12.1. The first-order valence-electron chi connectivity index (χ1n) is 17.4. The summed E-state index contributed by atoms with van der Waals surface area (Å²) in [5.74, 6) is 0. The third kappa shape index (κ3) is 9.99. The van der Waals surface area contributed by atoms with Gasteiger partial charge in [0.2, 0.25) is 0 Å². The van der Waals surface area contributed by atoms with Gasteiger partial charge in [0.15, 0.2) is 31.4 Å². The third-order valence-corrected chi connectivity index (χ3v) is 9.87. The van der Waals surface area contributed by atoms with E-state index in [2.05, 4.69) is 0 Å². The lowest BCUT2D eigenvalue weighted by Crippen LogP contribution is -2.67. The van der Waals surface area contributed by atoms with Crippen LogP contribution in [0, 0.1) is 0 Å². The van der Waals surface area contributed by atoms with Gasteiger partial charge in [0.1, 0.15) is 122 Å². The van der Waals surface area contributed by atoms with Crippen molar-refractivity contribution in [2.24, 2.45) is 0 Å². The smallest absolute Gasteiger partial charge is 0.187 e. The Morgan fingerprint density at radius 2 is 0.804 bits per heavy atom. The second-order valence-electron chi connectivity index (χ2n) is 13.6. The molecule has 0 saturated carbocycles. The van der Waals surface area contributed by atoms with Gasteiger partial charge in [-0.3, -0.25) is 0 Å². The van der Waals surface area contributed by atoms with E-state index in [1.54, 1.807) is 0 Å². The molecule has 0 radical (unpaired) electrons. The standard InChI is InChI=1S/C30H52O26/c31-1-7(37)13(39)23(8(38)2-32)53-28-20(46)16(42)25(10(4-34)50-28)55-30-22(48)18(44)26(12(6-36)52-30)56-29-21(47)17(43)24(11(5-35)51-29)54-27-19(45)15(41)14(40)9(3-33)49-27/h1,7-30,32-48H,2-6H2/t7-,8+,9+,10+,11+,12+,13+,14+,15-,16+,17+,18+,19+,20+,21+,22+,23-,24+,25+,26+,27+,28+,29+,30+/m0/s1. The average molecular weight is 829 g/mol. The molecule has 56 heavy (non-hydrogen) atoms. The van der Waals surface area contributed by atoms with E-state index in [1.807, 2.05) is 0 Å². The average Bonchev–Trinajstić information content (AvgIpc) is 3.20. The molecule has 0 aromatic rings. The molecule has 4 saturated heterocycles. The Kier molecular flexibility index (Phi) is 17.6. The van der Waals surface area contributed by atoms with Crippen molar-refractivity contribution >= 4 is 6.29 Å². The van der Waals surface area contributed by atoms with Crippen molar-refractivity contribution in [3.63, 3.8) is 0 Å². The molecule has 0 aromatic heterocycles. The second kappa shape index (κ2) is 20.8. The van der Waals surface area contributed by atoms with Crippen LogP contribution in [0.5, 0.6) is 0 Å². The molecule has 4 fully saturated rings. The largest absolute Gasteiger partial charge is 0.394 e. The minimum absolute atomic E-state index is 0.112. The zero-order chi connectivity index (χ0) is 41.8. The topological polar surface area (TPSA) is 435 Å². The highest BCUT2D eigenvalue weighted by atomic mass is 16.8. The van der Waals surface area contributed by atoms with E-state index in [1.165, 1.54) is 0 Å². The molecule has 4 heterocycles. The third-order valence-electron chi connectivity index (χ3n) is 9.87. The van der Waals surface area contributed by atoms with Crippen molar-refractivity contribution in [3.8, 4) is 0 Å². The summed E-state index contributed by atoms with van der Waals surface area (Å²) < 4.78 is 43.6. The van der Waals surface area contributed by atoms with Crippen molar-refractivity contribution < 1.29 is 130 Å². The molecule has 26 nitrogen and oxygen atoms in total. The molecule has 4 aliphatic rings. The molecule has 0 unspecified atom stereocenters. The first kappa shape index (κ1) is 47.3. The van der Waals surface area contributed by atoms with Crippen molar-refractivity contribution in [2.45, 2.75) is 147 Å². The Morgan fingerprint density at radius 3 is 1.16 bits per heavy atom. The lowest BCUT2D eigenvalue weighted by Gasteiger charge is -2.49. The summed E-state index contributed by atoms with van der Waals surface area (Å²) in [5.41, 5.74) is 0. The Balaban J connectivity index is 1.43. The Labute approximate surface area is 316 Å². The minimum Gasteiger partial charge on any atom is -0.394 e. The molecular formula is C30H52O26. The molecule has 4 aliphatic heterocycles. The zero-order valence-electron chi connectivity index (χ0n) is 29.2. The maximum atomic E-state index is 11.1. The van der Waals surface area contributed by atoms with Gasteiger partial charge in [-0.2, -0.15) is 0 Å². The monoisotopic (exact) mass is 828 g/mol. The highest BCUT2D eigenvalue weighted by Gasteiger charge is 2.55. The van der Waals surface area contributed by atoms with Gasteiger partial charge in [0.25, 0.3) is 0 Å². The van der Waals surface area contributed by atoms with Crippen LogP contribution in [0.25, 0.3) is 0 Å². The summed E-state index contributed by atoms with van der Waals surface area (Å²) in [4.78, 5) is 11.0. The van der Waals surface area contributed by atoms with E-state index in [4.69, 9.17) is 37.9 Å². The predicted molar refractivity (Wildman–Crippen MR) is 168 cm³/mol. The molecule has 24 atom stereocenters. The number of carbonyl (C=O) groups excluding carboxylic acids is 1. The van der Waals surface area contributed by atoms with Crippen LogP contribution in [-0.4, -0.2) is 273 Å². The van der Waals surface area contributed by atoms with Crippen molar-refractivity contribution in [1.82, 2.24) is 0 Å². The zero-order valence-corrected chi connectivity index (χ0v) is 29.2. The first-order chi connectivity index (χ1) is 26.5. The molecular weight excluding hydrogens is 776 g/mol. The van der Waals surface area contributed by atoms with E-state index < -0.39 is 180 Å². The van der Waals surface area contributed by atoms with Crippen LogP contribution in [0.2, 0.25) is 0 Å². The fraction of sp³-hybridized carbons (Fsp3) is 0.967. The van der Waals surface area contributed by atoms with Crippen molar-refractivity contribution in [1.29, 1.82) is 0 Å². The van der Waals surface area contributed by atoms with E-state index in [9.17, 15) is 91.6 Å². The summed E-state index contributed by atoms with van der Waals surface area (Å²) in [6.45, 7) is -4.84. The fourth-order valence-corrected chi connectivity index (χ4v) is 6.58. The fourth-order valence-electron chi connectivity index (χ4n) is 6.58. The quantitative estimate of drug-likeness (QED) is 0.0605. The Morgan fingerprint density at radius 1 is 0.464 bits per heavy atom. The lowest BCUT2D eigenvalue weighted by molar-refractivity contribution is -0.390. The van der Waals surface area contributed by atoms with E-state index in [0.717, 1.165) is 0 Å². The molecule has 4 rings (SSSR count). The first-order valence-corrected chi connectivity index (χ1v) is 17.4. The summed E-state index contributed by atoms with van der Waals surface area (Å²) in [7, 11) is 0. The Hall–Kier alpha value is -1.33. The SMILES string of the molecule is O=C[C@H](O)[C@@H](O)[C@@H](O[C@H]1O[C@H](CO)[C@@H](O[C@H]2O[C@H](CO)[C@@H](O[C@H]3O[C@H](CO)[C@@H](O[C@H]4O[C@H](CO)[C@@H](O)[C@H](O)[C@H]4O)[C@H](O)[C@H]3O)[C@H](O)[C@H]2O)[C@H](O)[C@H]1O)[C@H](O)CO. The summed E-state index contributed by atoms with van der Waals surface area (Å²) in [5, 5.41) is 175. The van der Waals surface area contributed by atoms with Crippen LogP contribution in [0.3, 0.4) is 0 Å². The van der Waals surface area contributed by atoms with Crippen molar-refractivity contribution in [2.75, 3.05) is 33.0 Å².